The minimum atomic E-state index is -1.89. The van der Waals surface area contributed by atoms with Gasteiger partial charge < -0.3 is 59.5 Å². The van der Waals surface area contributed by atoms with E-state index in [-0.39, 0.29) is 16.9 Å². The number of benzene rings is 2. The third kappa shape index (κ3) is 4.15. The molecule has 2 heterocycles. The van der Waals surface area contributed by atoms with E-state index in [1.807, 2.05) is 0 Å². The van der Waals surface area contributed by atoms with E-state index < -0.39 is 82.6 Å². The number of hydrogen-bond acceptors (Lipinski definition) is 13. The molecule has 1 aromatic heterocycles. The molecule has 0 bridgehead atoms. The molecule has 0 saturated carbocycles. The normalized spacial score (nSPS) is 24.4. The summed E-state index contributed by atoms with van der Waals surface area (Å²) in [5, 5.41) is 79.8. The molecular formula is C22H22O13. The predicted molar refractivity (Wildman–Crippen MR) is 116 cm³/mol. The molecule has 0 radical (unpaired) electrons. The summed E-state index contributed by atoms with van der Waals surface area (Å²) in [5.74, 6) is -3.58. The first-order valence-electron chi connectivity index (χ1n) is 10.2. The van der Waals surface area contributed by atoms with Gasteiger partial charge in [-0.05, 0) is 12.1 Å². The van der Waals surface area contributed by atoms with E-state index in [2.05, 4.69) is 0 Å². The molecule has 1 aliphatic rings. The van der Waals surface area contributed by atoms with Crippen LogP contribution in [0.1, 0.15) is 0 Å². The van der Waals surface area contributed by atoms with Gasteiger partial charge in [0.1, 0.15) is 46.9 Å². The number of phenols is 4. The van der Waals surface area contributed by atoms with Gasteiger partial charge in [0.25, 0.3) is 0 Å². The Morgan fingerprint density at radius 2 is 1.54 bits per heavy atom. The van der Waals surface area contributed by atoms with Gasteiger partial charge >= 0.3 is 0 Å². The molecular weight excluding hydrogens is 472 g/mol. The van der Waals surface area contributed by atoms with Crippen molar-refractivity contribution in [1.82, 2.24) is 0 Å². The lowest BCUT2D eigenvalue weighted by molar-refractivity contribution is -0.277. The van der Waals surface area contributed by atoms with Gasteiger partial charge in [-0.1, -0.05) is 0 Å². The Kier molecular flexibility index (Phi) is 6.36. The first-order valence-corrected chi connectivity index (χ1v) is 10.2. The average Bonchev–Trinajstić information content (AvgIpc) is 2.80. The molecule has 0 aliphatic carbocycles. The summed E-state index contributed by atoms with van der Waals surface area (Å²) in [7, 11) is 1.20. The fourth-order valence-electron chi connectivity index (χ4n) is 3.79. The largest absolute Gasteiger partial charge is 0.508 e. The number of aliphatic hydroxyl groups excluding tert-OH is 4. The highest BCUT2D eigenvalue weighted by Crippen LogP contribution is 2.43. The summed E-state index contributed by atoms with van der Waals surface area (Å²) in [4.78, 5) is 13.4. The molecule has 8 N–H and O–H groups in total. The van der Waals surface area contributed by atoms with Crippen molar-refractivity contribution in [1.29, 1.82) is 0 Å². The molecule has 0 amide bonds. The van der Waals surface area contributed by atoms with Crippen LogP contribution < -0.4 is 14.9 Å². The Hall–Kier alpha value is -3.75. The van der Waals surface area contributed by atoms with Crippen molar-refractivity contribution in [2.75, 3.05) is 13.7 Å². The number of methoxy groups -OCH3 is 1. The molecule has 13 nitrogen and oxygen atoms in total. The lowest BCUT2D eigenvalue weighted by atomic mass is 9.99. The highest BCUT2D eigenvalue weighted by molar-refractivity contribution is 5.88. The number of aliphatic hydroxyl groups is 4. The molecule has 1 saturated heterocycles. The Morgan fingerprint density at radius 1 is 0.886 bits per heavy atom. The molecule has 188 valence electrons. The van der Waals surface area contributed by atoms with E-state index in [1.165, 1.54) is 7.11 Å². The number of ether oxygens (including phenoxy) is 3. The van der Waals surface area contributed by atoms with Crippen LogP contribution in [-0.4, -0.2) is 85.3 Å². The van der Waals surface area contributed by atoms with Gasteiger partial charge in [-0.3, -0.25) is 4.79 Å². The van der Waals surface area contributed by atoms with Crippen molar-refractivity contribution in [3.63, 3.8) is 0 Å². The average molecular weight is 494 g/mol. The van der Waals surface area contributed by atoms with E-state index in [1.54, 1.807) is 0 Å². The third-order valence-corrected chi connectivity index (χ3v) is 5.52. The van der Waals surface area contributed by atoms with E-state index in [0.29, 0.717) is 0 Å². The zero-order chi connectivity index (χ0) is 25.6. The van der Waals surface area contributed by atoms with E-state index in [4.69, 9.17) is 18.6 Å². The summed E-state index contributed by atoms with van der Waals surface area (Å²) in [5.41, 5.74) is -1.42. The van der Waals surface area contributed by atoms with Crippen molar-refractivity contribution < 1.29 is 59.5 Å². The minimum absolute atomic E-state index is 0.123. The van der Waals surface area contributed by atoms with Crippen LogP contribution in [0, 0.1) is 0 Å². The Bertz CT molecular complexity index is 1290. The molecule has 1 fully saturated rings. The summed E-state index contributed by atoms with van der Waals surface area (Å²) < 4.78 is 21.4. The molecule has 1 aliphatic heterocycles. The van der Waals surface area contributed by atoms with Gasteiger partial charge in [-0.15, -0.1) is 0 Å². The fraction of sp³-hybridized carbons (Fsp3) is 0.318. The molecule has 13 heteroatoms. The van der Waals surface area contributed by atoms with Crippen molar-refractivity contribution >= 4 is 11.0 Å². The lowest BCUT2D eigenvalue weighted by Gasteiger charge is -2.39. The Morgan fingerprint density at radius 3 is 2.14 bits per heavy atom. The first kappa shape index (κ1) is 24.4. The van der Waals surface area contributed by atoms with Crippen LogP contribution >= 0.6 is 0 Å². The Labute approximate surface area is 195 Å². The van der Waals surface area contributed by atoms with E-state index >= 15 is 0 Å². The summed E-state index contributed by atoms with van der Waals surface area (Å²) >= 11 is 0. The lowest BCUT2D eigenvalue weighted by Crippen LogP contribution is -2.60. The van der Waals surface area contributed by atoms with Crippen molar-refractivity contribution in [3.05, 3.63) is 34.5 Å². The number of phenolic OH excluding ortho intramolecular Hbond substituents is 4. The molecule has 35 heavy (non-hydrogen) atoms. The minimum Gasteiger partial charge on any atom is -0.508 e. The van der Waals surface area contributed by atoms with Crippen molar-refractivity contribution in [2.24, 2.45) is 0 Å². The van der Waals surface area contributed by atoms with E-state index in [9.17, 15) is 45.6 Å². The molecule has 3 aromatic rings. The molecule has 5 unspecified atom stereocenters. The van der Waals surface area contributed by atoms with Gasteiger partial charge in [-0.25, -0.2) is 0 Å². The molecule has 4 rings (SSSR count). The van der Waals surface area contributed by atoms with Gasteiger partial charge in [0, 0.05) is 17.7 Å². The molecule has 0 spiro atoms. The third-order valence-electron chi connectivity index (χ3n) is 5.52. The number of hydrogen-bond donors (Lipinski definition) is 8. The summed E-state index contributed by atoms with van der Waals surface area (Å²) in [6, 6.07) is 4.03. The van der Waals surface area contributed by atoms with Gasteiger partial charge in [0.05, 0.1) is 13.7 Å². The fourth-order valence-corrected chi connectivity index (χ4v) is 3.79. The number of fused-ring (bicyclic) bond motifs is 1. The van der Waals surface area contributed by atoms with Crippen LogP contribution in [0.15, 0.2) is 33.5 Å². The van der Waals surface area contributed by atoms with Gasteiger partial charge in [0.2, 0.25) is 23.2 Å². The van der Waals surface area contributed by atoms with Crippen LogP contribution in [-0.2, 0) is 4.74 Å². The Balaban J connectivity index is 1.93. The number of rotatable bonds is 5. The number of aromatic hydroxyl groups is 4. The van der Waals surface area contributed by atoms with Crippen LogP contribution in [0.2, 0.25) is 0 Å². The standard InChI is InChI=1S/C22H22O13/c1-32-20-10(26)2-7(3-11(20)27)19-21(16(29)14-9(25)4-8(24)5-12(14)33-19)35-22-18(31)17(30)15(28)13(6-23)34-22/h2-5,13,15,17-18,22-28,30-31H,6H2,1H3. The van der Waals surface area contributed by atoms with Gasteiger partial charge in [-0.2, -0.15) is 0 Å². The maximum atomic E-state index is 13.4. The second-order valence-electron chi connectivity index (χ2n) is 7.79. The van der Waals surface area contributed by atoms with Crippen LogP contribution in [0.5, 0.6) is 34.5 Å². The maximum absolute atomic E-state index is 13.4. The van der Waals surface area contributed by atoms with E-state index in [0.717, 1.165) is 24.3 Å². The maximum Gasteiger partial charge on any atom is 0.239 e. The van der Waals surface area contributed by atoms with Crippen LogP contribution in [0.3, 0.4) is 0 Å². The summed E-state index contributed by atoms with van der Waals surface area (Å²) in [6.45, 7) is -0.760. The second-order valence-corrected chi connectivity index (χ2v) is 7.79. The highest BCUT2D eigenvalue weighted by Gasteiger charge is 2.45. The van der Waals surface area contributed by atoms with Crippen LogP contribution in [0.25, 0.3) is 22.3 Å². The van der Waals surface area contributed by atoms with Crippen molar-refractivity contribution in [2.45, 2.75) is 30.7 Å². The van der Waals surface area contributed by atoms with Gasteiger partial charge in [0.15, 0.2) is 17.3 Å². The zero-order valence-electron chi connectivity index (χ0n) is 18.0. The van der Waals surface area contributed by atoms with Crippen LogP contribution in [0.4, 0.5) is 0 Å². The SMILES string of the molecule is COc1c(O)cc(-c2oc3cc(O)cc(O)c3c(=O)c2OC2OC(CO)C(O)C(O)C2O)cc1O. The zero-order valence-corrected chi connectivity index (χ0v) is 18.0. The predicted octanol–water partition coefficient (Wildman–Crippen LogP) is -0.530. The first-order chi connectivity index (χ1) is 16.6. The second kappa shape index (κ2) is 9.13. The highest BCUT2D eigenvalue weighted by atomic mass is 16.7. The molecule has 2 aromatic carbocycles. The summed E-state index contributed by atoms with van der Waals surface area (Å²) in [6.07, 6.45) is -8.55. The topological polar surface area (TPSA) is 220 Å². The van der Waals surface area contributed by atoms with Crippen molar-refractivity contribution in [3.8, 4) is 45.8 Å². The molecule has 5 atom stereocenters. The monoisotopic (exact) mass is 494 g/mol. The smallest absolute Gasteiger partial charge is 0.239 e. The quantitative estimate of drug-likeness (QED) is 0.224.